The predicted molar refractivity (Wildman–Crippen MR) is 150 cm³/mol. The van der Waals surface area contributed by atoms with Crippen molar-refractivity contribution in [1.29, 1.82) is 0 Å². The van der Waals surface area contributed by atoms with Crippen molar-refractivity contribution in [3.63, 3.8) is 0 Å². The summed E-state index contributed by atoms with van der Waals surface area (Å²) >= 11 is 0. The van der Waals surface area contributed by atoms with E-state index >= 15 is 0 Å². The lowest BCUT2D eigenvalue weighted by molar-refractivity contribution is 0.585. The molecule has 178 valence electrons. The predicted octanol–water partition coefficient (Wildman–Crippen LogP) is 9.32. The molecule has 0 unspecified atom stereocenters. The molecule has 0 saturated carbocycles. The summed E-state index contributed by atoms with van der Waals surface area (Å²) in [4.78, 5) is 4.85. The highest BCUT2D eigenvalue weighted by Crippen LogP contribution is 2.52. The molecule has 1 heteroatoms. The largest absolute Gasteiger partial charge is 0.256 e. The van der Waals surface area contributed by atoms with Gasteiger partial charge in [0.05, 0.1) is 5.69 Å². The molecule has 0 fully saturated rings. The fourth-order valence-corrected chi connectivity index (χ4v) is 5.48. The number of pyridine rings is 1. The zero-order valence-corrected chi connectivity index (χ0v) is 22.5. The van der Waals surface area contributed by atoms with Crippen LogP contribution in [-0.4, -0.2) is 4.98 Å². The van der Waals surface area contributed by atoms with Gasteiger partial charge in [0.15, 0.2) is 0 Å². The molecule has 0 saturated heterocycles. The standard InChI is InChI=1S/C34H37N/c1-32(2,3)24-14-12-22(13-15-24)23-18-19-35-30(20-23)28-11-9-10-27-26-17-16-25(33(4,5)6)21-29(26)34(7,8)31(27)28/h9-21H,1-8H3. The Balaban J connectivity index is 1.61. The Labute approximate surface area is 211 Å². The molecule has 0 spiro atoms. The second-order valence-electron chi connectivity index (χ2n) is 12.6. The third kappa shape index (κ3) is 4.01. The Kier molecular flexibility index (Phi) is 5.33. The zero-order valence-electron chi connectivity index (χ0n) is 22.5. The van der Waals surface area contributed by atoms with Crippen molar-refractivity contribution < 1.29 is 0 Å². The number of benzene rings is 3. The molecule has 1 nitrogen and oxygen atoms in total. The van der Waals surface area contributed by atoms with Crippen molar-refractivity contribution in [2.75, 3.05) is 0 Å². The second kappa shape index (κ2) is 7.92. The van der Waals surface area contributed by atoms with Crippen LogP contribution in [-0.2, 0) is 16.2 Å². The highest BCUT2D eigenvalue weighted by atomic mass is 14.7. The summed E-state index contributed by atoms with van der Waals surface area (Å²) in [6.07, 6.45) is 1.95. The molecule has 3 aromatic carbocycles. The molecular formula is C34H37N. The molecule has 1 aliphatic carbocycles. The van der Waals surface area contributed by atoms with E-state index in [0.717, 1.165) is 5.69 Å². The minimum Gasteiger partial charge on any atom is -0.256 e. The van der Waals surface area contributed by atoms with Crippen molar-refractivity contribution in [2.24, 2.45) is 0 Å². The molecule has 0 radical (unpaired) electrons. The number of hydrogen-bond acceptors (Lipinski definition) is 1. The number of aromatic nitrogens is 1. The van der Waals surface area contributed by atoms with E-state index in [4.69, 9.17) is 4.98 Å². The molecule has 5 rings (SSSR count). The van der Waals surface area contributed by atoms with Gasteiger partial charge in [-0.1, -0.05) is 116 Å². The van der Waals surface area contributed by atoms with Crippen LogP contribution in [0.15, 0.2) is 79.0 Å². The first-order chi connectivity index (χ1) is 16.4. The second-order valence-corrected chi connectivity index (χ2v) is 12.6. The Hall–Kier alpha value is -3.19. The summed E-state index contributed by atoms with van der Waals surface area (Å²) in [6, 6.07) is 27.1. The van der Waals surface area contributed by atoms with Crippen LogP contribution in [0, 0.1) is 0 Å². The van der Waals surface area contributed by atoms with E-state index in [0.29, 0.717) is 0 Å². The van der Waals surface area contributed by atoms with Gasteiger partial charge >= 0.3 is 0 Å². The maximum atomic E-state index is 4.85. The Morgan fingerprint density at radius 2 is 1.23 bits per heavy atom. The molecule has 35 heavy (non-hydrogen) atoms. The Morgan fingerprint density at radius 3 is 1.89 bits per heavy atom. The van der Waals surface area contributed by atoms with Crippen LogP contribution < -0.4 is 0 Å². The Bertz CT molecular complexity index is 1410. The summed E-state index contributed by atoms with van der Waals surface area (Å²) < 4.78 is 0. The summed E-state index contributed by atoms with van der Waals surface area (Å²) in [7, 11) is 0. The summed E-state index contributed by atoms with van der Waals surface area (Å²) in [5, 5.41) is 0. The first kappa shape index (κ1) is 23.5. The van der Waals surface area contributed by atoms with Crippen molar-refractivity contribution in [1.82, 2.24) is 4.98 Å². The van der Waals surface area contributed by atoms with E-state index in [1.165, 1.54) is 50.1 Å². The highest BCUT2D eigenvalue weighted by molar-refractivity contribution is 5.88. The SMILES string of the molecule is CC(C)(C)c1ccc(-c2ccnc(-c3cccc4c3C(C)(C)c3cc(C(C)(C)C)ccc3-4)c2)cc1. The number of rotatable bonds is 2. The highest BCUT2D eigenvalue weighted by Gasteiger charge is 2.38. The van der Waals surface area contributed by atoms with Gasteiger partial charge in [0.2, 0.25) is 0 Å². The van der Waals surface area contributed by atoms with Gasteiger partial charge in [-0.3, -0.25) is 4.98 Å². The molecule has 0 N–H and O–H groups in total. The molecule has 1 heterocycles. The first-order valence-electron chi connectivity index (χ1n) is 12.7. The molecule has 0 atom stereocenters. The summed E-state index contributed by atoms with van der Waals surface area (Å²) in [5.74, 6) is 0. The lowest BCUT2D eigenvalue weighted by Crippen LogP contribution is -2.18. The van der Waals surface area contributed by atoms with E-state index in [1.807, 2.05) is 6.20 Å². The fraction of sp³-hybridized carbons (Fsp3) is 0.324. The van der Waals surface area contributed by atoms with Gasteiger partial charge in [0.1, 0.15) is 0 Å². The van der Waals surface area contributed by atoms with E-state index in [2.05, 4.69) is 128 Å². The van der Waals surface area contributed by atoms with Crippen LogP contribution >= 0.6 is 0 Å². The molecule has 4 aromatic rings. The normalized spacial score (nSPS) is 14.5. The molecule has 1 aromatic heterocycles. The average molecular weight is 460 g/mol. The molecule has 0 aliphatic heterocycles. The zero-order chi connectivity index (χ0) is 25.2. The lowest BCUT2D eigenvalue weighted by Gasteiger charge is -2.26. The Morgan fingerprint density at radius 1 is 0.600 bits per heavy atom. The van der Waals surface area contributed by atoms with Crippen molar-refractivity contribution in [3.8, 4) is 33.5 Å². The monoisotopic (exact) mass is 459 g/mol. The molecular weight excluding hydrogens is 422 g/mol. The van der Waals surface area contributed by atoms with Crippen LogP contribution in [0.5, 0.6) is 0 Å². The van der Waals surface area contributed by atoms with E-state index in [9.17, 15) is 0 Å². The van der Waals surface area contributed by atoms with Gasteiger partial charge in [-0.15, -0.1) is 0 Å². The molecule has 1 aliphatic rings. The fourth-order valence-electron chi connectivity index (χ4n) is 5.48. The van der Waals surface area contributed by atoms with Gasteiger partial charge in [0, 0.05) is 17.2 Å². The molecule has 0 bridgehead atoms. The van der Waals surface area contributed by atoms with Crippen LogP contribution in [0.4, 0.5) is 0 Å². The number of hydrogen-bond donors (Lipinski definition) is 0. The van der Waals surface area contributed by atoms with Gasteiger partial charge in [0.25, 0.3) is 0 Å². The van der Waals surface area contributed by atoms with Gasteiger partial charge in [-0.25, -0.2) is 0 Å². The van der Waals surface area contributed by atoms with Crippen molar-refractivity contribution in [2.45, 2.75) is 71.6 Å². The topological polar surface area (TPSA) is 12.9 Å². The van der Waals surface area contributed by atoms with E-state index in [-0.39, 0.29) is 16.2 Å². The number of fused-ring (bicyclic) bond motifs is 3. The van der Waals surface area contributed by atoms with Crippen molar-refractivity contribution >= 4 is 0 Å². The average Bonchev–Trinajstić information content (AvgIpc) is 3.05. The quantitative estimate of drug-likeness (QED) is 0.291. The van der Waals surface area contributed by atoms with E-state index in [1.54, 1.807) is 0 Å². The third-order valence-corrected chi connectivity index (χ3v) is 7.66. The van der Waals surface area contributed by atoms with Crippen LogP contribution in [0.3, 0.4) is 0 Å². The van der Waals surface area contributed by atoms with Crippen molar-refractivity contribution in [3.05, 3.63) is 101 Å². The summed E-state index contributed by atoms with van der Waals surface area (Å²) in [5.41, 5.74) is 13.1. The van der Waals surface area contributed by atoms with E-state index < -0.39 is 0 Å². The minimum absolute atomic E-state index is 0.0887. The van der Waals surface area contributed by atoms with Gasteiger partial charge < -0.3 is 0 Å². The smallest absolute Gasteiger partial charge is 0.0711 e. The van der Waals surface area contributed by atoms with Gasteiger partial charge in [-0.05, 0) is 67.5 Å². The van der Waals surface area contributed by atoms with Crippen LogP contribution in [0.25, 0.3) is 33.5 Å². The van der Waals surface area contributed by atoms with Crippen LogP contribution in [0.2, 0.25) is 0 Å². The maximum absolute atomic E-state index is 4.85. The maximum Gasteiger partial charge on any atom is 0.0711 e. The first-order valence-corrected chi connectivity index (χ1v) is 12.7. The third-order valence-electron chi connectivity index (χ3n) is 7.66. The molecule has 0 amide bonds. The van der Waals surface area contributed by atoms with Gasteiger partial charge in [-0.2, -0.15) is 0 Å². The van der Waals surface area contributed by atoms with Crippen LogP contribution in [0.1, 0.15) is 77.6 Å². The minimum atomic E-state index is -0.0887. The summed E-state index contributed by atoms with van der Waals surface area (Å²) in [6.45, 7) is 18.4. The number of nitrogens with zero attached hydrogens (tertiary/aromatic N) is 1. The lowest BCUT2D eigenvalue weighted by atomic mass is 9.77.